The maximum Gasteiger partial charge on any atom is 0.416 e. The molecule has 10 heteroatoms. The first-order valence-corrected chi connectivity index (χ1v) is 11.5. The van der Waals surface area contributed by atoms with E-state index in [2.05, 4.69) is 10.2 Å². The zero-order valence-electron chi connectivity index (χ0n) is 19.7. The molecule has 1 aliphatic heterocycles. The van der Waals surface area contributed by atoms with Crippen LogP contribution in [0.4, 0.5) is 18.9 Å². The molecule has 4 rings (SSSR count). The SMILES string of the molecule is O=C(NCc1ccc(C(F)(F)F)cc1)C1=C(c2ccc(O)cc2)CCN(Cc2ccc([N+](=O)[O-])cc2)C1. The van der Waals surface area contributed by atoms with E-state index in [-0.39, 0.29) is 23.9 Å². The lowest BCUT2D eigenvalue weighted by molar-refractivity contribution is -0.384. The molecule has 3 aromatic rings. The number of phenolic OH excluding ortho intramolecular Hbond substituents is 1. The van der Waals surface area contributed by atoms with Crippen molar-refractivity contribution in [1.29, 1.82) is 0 Å². The van der Waals surface area contributed by atoms with E-state index in [4.69, 9.17) is 0 Å². The van der Waals surface area contributed by atoms with Crippen LogP contribution in [0, 0.1) is 10.1 Å². The van der Waals surface area contributed by atoms with Crippen LogP contribution in [0.2, 0.25) is 0 Å². The summed E-state index contributed by atoms with van der Waals surface area (Å²) in [4.78, 5) is 25.8. The molecule has 2 N–H and O–H groups in total. The Bertz CT molecular complexity index is 1300. The smallest absolute Gasteiger partial charge is 0.416 e. The summed E-state index contributed by atoms with van der Waals surface area (Å²) in [6.45, 7) is 1.50. The van der Waals surface area contributed by atoms with E-state index < -0.39 is 16.7 Å². The highest BCUT2D eigenvalue weighted by atomic mass is 19.4. The van der Waals surface area contributed by atoms with Crippen LogP contribution in [0.15, 0.2) is 78.4 Å². The minimum atomic E-state index is -4.43. The van der Waals surface area contributed by atoms with E-state index in [1.54, 1.807) is 36.4 Å². The van der Waals surface area contributed by atoms with Gasteiger partial charge >= 0.3 is 6.18 Å². The van der Waals surface area contributed by atoms with Crippen molar-refractivity contribution >= 4 is 17.2 Å². The summed E-state index contributed by atoms with van der Waals surface area (Å²) in [6, 6.07) is 17.4. The molecule has 0 fully saturated rings. The van der Waals surface area contributed by atoms with Crippen LogP contribution >= 0.6 is 0 Å². The highest BCUT2D eigenvalue weighted by Crippen LogP contribution is 2.31. The Balaban J connectivity index is 1.52. The number of benzene rings is 3. The molecule has 0 aromatic heterocycles. The van der Waals surface area contributed by atoms with Crippen molar-refractivity contribution in [2.24, 2.45) is 0 Å². The van der Waals surface area contributed by atoms with E-state index in [0.717, 1.165) is 28.8 Å². The number of non-ortho nitro benzene ring substituents is 1. The number of aromatic hydroxyl groups is 1. The molecule has 3 aromatic carbocycles. The first-order valence-electron chi connectivity index (χ1n) is 11.5. The maximum atomic E-state index is 13.3. The monoisotopic (exact) mass is 511 g/mol. The second-order valence-electron chi connectivity index (χ2n) is 8.77. The number of hydrogen-bond donors (Lipinski definition) is 2. The summed E-state index contributed by atoms with van der Waals surface area (Å²) in [7, 11) is 0. The third kappa shape index (κ3) is 6.53. The van der Waals surface area contributed by atoms with Crippen LogP contribution in [-0.2, 0) is 24.1 Å². The molecule has 0 radical (unpaired) electrons. The first-order chi connectivity index (χ1) is 17.6. The Morgan fingerprint density at radius 2 is 1.59 bits per heavy atom. The van der Waals surface area contributed by atoms with Gasteiger partial charge in [-0.05, 0) is 52.9 Å². The molecule has 37 heavy (non-hydrogen) atoms. The van der Waals surface area contributed by atoms with E-state index in [0.29, 0.717) is 37.2 Å². The van der Waals surface area contributed by atoms with Crippen molar-refractivity contribution < 1.29 is 28.0 Å². The highest BCUT2D eigenvalue weighted by Gasteiger charge is 2.30. The summed E-state index contributed by atoms with van der Waals surface area (Å²) in [5.41, 5.74) is 2.78. The molecular formula is C27H24F3N3O4. The van der Waals surface area contributed by atoms with Crippen LogP contribution < -0.4 is 5.32 Å². The number of alkyl halides is 3. The molecule has 1 aliphatic rings. The molecule has 192 valence electrons. The zero-order valence-corrected chi connectivity index (χ0v) is 19.7. The molecule has 0 saturated heterocycles. The molecule has 0 aliphatic carbocycles. The van der Waals surface area contributed by atoms with Gasteiger partial charge < -0.3 is 10.4 Å². The largest absolute Gasteiger partial charge is 0.508 e. The Morgan fingerprint density at radius 3 is 2.19 bits per heavy atom. The number of carbonyl (C=O) groups excluding carboxylic acids is 1. The summed E-state index contributed by atoms with van der Waals surface area (Å²) >= 11 is 0. The number of rotatable bonds is 7. The van der Waals surface area contributed by atoms with E-state index in [1.165, 1.54) is 24.3 Å². The fourth-order valence-corrected chi connectivity index (χ4v) is 4.23. The molecule has 0 bridgehead atoms. The minimum Gasteiger partial charge on any atom is -0.508 e. The predicted octanol–water partition coefficient (Wildman–Crippen LogP) is 5.30. The molecule has 0 saturated carbocycles. The summed E-state index contributed by atoms with van der Waals surface area (Å²) in [5, 5.41) is 23.4. The van der Waals surface area contributed by atoms with E-state index in [9.17, 15) is 33.2 Å². The van der Waals surface area contributed by atoms with Gasteiger partial charge in [0.1, 0.15) is 5.75 Å². The lowest BCUT2D eigenvalue weighted by atomic mass is 9.92. The number of carbonyl (C=O) groups is 1. The van der Waals surface area contributed by atoms with Gasteiger partial charge in [0.05, 0.1) is 10.5 Å². The molecule has 0 spiro atoms. The van der Waals surface area contributed by atoms with Crippen molar-refractivity contribution in [1.82, 2.24) is 10.2 Å². The van der Waals surface area contributed by atoms with Crippen molar-refractivity contribution in [3.8, 4) is 5.75 Å². The quantitative estimate of drug-likeness (QED) is 0.332. The standard InChI is InChI=1S/C27H24F3N3O4/c28-27(29,30)21-7-1-18(2-8-21)15-31-26(35)25-17-32(16-19-3-9-22(10-4-19)33(36)37)14-13-24(25)20-5-11-23(34)12-6-20/h1-12,34H,13-17H2,(H,31,35). The van der Waals surface area contributed by atoms with E-state index >= 15 is 0 Å². The fraction of sp³-hybridized carbons (Fsp3) is 0.222. The summed E-state index contributed by atoms with van der Waals surface area (Å²) in [5.74, 6) is -0.232. The van der Waals surface area contributed by atoms with Crippen molar-refractivity contribution in [3.63, 3.8) is 0 Å². The number of nitrogens with zero attached hydrogens (tertiary/aromatic N) is 2. The van der Waals surface area contributed by atoms with E-state index in [1.807, 2.05) is 0 Å². The molecule has 7 nitrogen and oxygen atoms in total. The van der Waals surface area contributed by atoms with Gasteiger partial charge in [0.25, 0.3) is 5.69 Å². The number of amides is 1. The number of nitro benzene ring substituents is 1. The Labute approximate surface area is 211 Å². The number of halogens is 3. The van der Waals surface area contributed by atoms with Gasteiger partial charge in [-0.15, -0.1) is 0 Å². The van der Waals surface area contributed by atoms with Crippen molar-refractivity contribution in [3.05, 3.63) is 111 Å². The van der Waals surface area contributed by atoms with Crippen LogP contribution in [0.3, 0.4) is 0 Å². The summed E-state index contributed by atoms with van der Waals surface area (Å²) in [6.07, 6.45) is -3.87. The topological polar surface area (TPSA) is 95.7 Å². The second-order valence-corrected chi connectivity index (χ2v) is 8.77. The average molecular weight is 512 g/mol. The first kappa shape index (κ1) is 25.9. The third-order valence-corrected chi connectivity index (χ3v) is 6.20. The van der Waals surface area contributed by atoms with Crippen LogP contribution in [0.1, 0.15) is 28.7 Å². The average Bonchev–Trinajstić information content (AvgIpc) is 2.88. The van der Waals surface area contributed by atoms with Crippen LogP contribution in [0.5, 0.6) is 5.75 Å². The Kier molecular flexibility index (Phi) is 7.58. The van der Waals surface area contributed by atoms with Gasteiger partial charge in [-0.1, -0.05) is 36.4 Å². The number of hydrogen-bond acceptors (Lipinski definition) is 5. The van der Waals surface area contributed by atoms with Gasteiger partial charge in [0, 0.05) is 43.9 Å². The lowest BCUT2D eigenvalue weighted by Crippen LogP contribution is -2.37. The minimum absolute atomic E-state index is 0.000222. The van der Waals surface area contributed by atoms with Gasteiger partial charge in [0.2, 0.25) is 5.91 Å². The van der Waals surface area contributed by atoms with Gasteiger partial charge in [-0.2, -0.15) is 13.2 Å². The Morgan fingerprint density at radius 1 is 0.973 bits per heavy atom. The van der Waals surface area contributed by atoms with Crippen molar-refractivity contribution in [2.75, 3.05) is 13.1 Å². The van der Waals surface area contributed by atoms with Gasteiger partial charge in [-0.25, -0.2) is 0 Å². The Hall–Kier alpha value is -4.18. The zero-order chi connectivity index (χ0) is 26.6. The number of phenols is 1. The molecular weight excluding hydrogens is 487 g/mol. The van der Waals surface area contributed by atoms with Gasteiger partial charge in [-0.3, -0.25) is 19.8 Å². The second kappa shape index (κ2) is 10.8. The molecule has 0 unspecified atom stereocenters. The highest BCUT2D eigenvalue weighted by molar-refractivity contribution is 6.02. The molecule has 1 heterocycles. The maximum absolute atomic E-state index is 13.3. The van der Waals surface area contributed by atoms with Crippen molar-refractivity contribution in [2.45, 2.75) is 25.7 Å². The number of nitro groups is 1. The lowest BCUT2D eigenvalue weighted by Gasteiger charge is -2.30. The normalized spacial score (nSPS) is 14.5. The number of nitrogens with one attached hydrogen (secondary N) is 1. The van der Waals surface area contributed by atoms with Gasteiger partial charge in [0.15, 0.2) is 0 Å². The molecule has 1 amide bonds. The fourth-order valence-electron chi connectivity index (χ4n) is 4.23. The third-order valence-electron chi connectivity index (χ3n) is 6.20. The summed E-state index contributed by atoms with van der Waals surface area (Å²) < 4.78 is 38.5. The van der Waals surface area contributed by atoms with Crippen LogP contribution in [-0.4, -0.2) is 33.9 Å². The predicted molar refractivity (Wildman–Crippen MR) is 131 cm³/mol. The van der Waals surface area contributed by atoms with Crippen LogP contribution in [0.25, 0.3) is 5.57 Å². The molecule has 0 atom stereocenters.